The van der Waals surface area contributed by atoms with Crippen molar-refractivity contribution in [1.82, 2.24) is 15.3 Å². The van der Waals surface area contributed by atoms with Crippen molar-refractivity contribution in [1.29, 1.82) is 5.26 Å². The van der Waals surface area contributed by atoms with E-state index in [0.717, 1.165) is 35.9 Å². The fraction of sp³-hybridized carbons (Fsp3) is 0.458. The standard InChI is InChI=1S/C24H29N5S.2H2/c1-15(2)7-8-16(3)27-24-26-10-9-21(29-24)20(13-25)23-28-22(14-30-23)18-6-4-5-17-11-19(17)12-18;;/h4-5,9-10,12,14-17,19,28H,6-8,11H2,1-3H3,(H,26,27,29);2*1H/b23-20-;;. The van der Waals surface area contributed by atoms with Gasteiger partial charge in [0.15, 0.2) is 0 Å². The van der Waals surface area contributed by atoms with E-state index in [1.165, 1.54) is 12.0 Å². The van der Waals surface area contributed by atoms with Crippen molar-refractivity contribution in [3.63, 3.8) is 0 Å². The van der Waals surface area contributed by atoms with Crippen LogP contribution in [0.4, 0.5) is 5.95 Å². The van der Waals surface area contributed by atoms with Crippen molar-refractivity contribution < 1.29 is 2.85 Å². The van der Waals surface area contributed by atoms with E-state index in [1.807, 2.05) is 0 Å². The number of hydrogen-bond acceptors (Lipinski definition) is 6. The van der Waals surface area contributed by atoms with Crippen LogP contribution >= 0.6 is 11.8 Å². The van der Waals surface area contributed by atoms with E-state index in [9.17, 15) is 5.26 Å². The number of hydrogen-bond donors (Lipinski definition) is 2. The van der Waals surface area contributed by atoms with E-state index < -0.39 is 0 Å². The molecule has 6 heteroatoms. The van der Waals surface area contributed by atoms with Gasteiger partial charge in [0.2, 0.25) is 5.95 Å². The van der Waals surface area contributed by atoms with Gasteiger partial charge >= 0.3 is 0 Å². The maximum absolute atomic E-state index is 9.86. The molecule has 3 aliphatic rings. The van der Waals surface area contributed by atoms with E-state index in [-0.39, 0.29) is 8.90 Å². The van der Waals surface area contributed by atoms with Gasteiger partial charge in [0.25, 0.3) is 0 Å². The summed E-state index contributed by atoms with van der Waals surface area (Å²) >= 11 is 1.56. The number of nitrogens with one attached hydrogen (secondary N) is 2. The van der Waals surface area contributed by atoms with Crippen LogP contribution in [0, 0.1) is 29.1 Å². The second kappa shape index (κ2) is 9.09. The largest absolute Gasteiger partial charge is 0.352 e. The molecule has 3 atom stereocenters. The molecular formula is C24H33N5S. The Bertz CT molecular complexity index is 977. The molecular weight excluding hydrogens is 390 g/mol. The summed E-state index contributed by atoms with van der Waals surface area (Å²) in [6, 6.07) is 4.44. The van der Waals surface area contributed by atoms with E-state index in [2.05, 4.69) is 71.1 Å². The molecule has 0 bridgehead atoms. The highest BCUT2D eigenvalue weighted by molar-refractivity contribution is 8.06. The van der Waals surface area contributed by atoms with E-state index >= 15 is 0 Å². The van der Waals surface area contributed by atoms with Gasteiger partial charge in [-0.2, -0.15) is 5.26 Å². The Hall–Kier alpha value is -2.52. The highest BCUT2D eigenvalue weighted by Gasteiger charge is 2.34. The number of rotatable bonds is 7. The molecule has 0 amide bonds. The van der Waals surface area contributed by atoms with Crippen LogP contribution in [0.3, 0.4) is 0 Å². The van der Waals surface area contributed by atoms with Gasteiger partial charge in [0, 0.05) is 26.2 Å². The molecule has 160 valence electrons. The highest BCUT2D eigenvalue weighted by Crippen LogP contribution is 2.45. The van der Waals surface area contributed by atoms with Gasteiger partial charge in [0.05, 0.1) is 10.7 Å². The molecule has 1 saturated carbocycles. The van der Waals surface area contributed by atoms with Crippen LogP contribution in [0.1, 0.15) is 55.0 Å². The molecule has 0 aromatic carbocycles. The third kappa shape index (κ3) is 4.96. The van der Waals surface area contributed by atoms with E-state index in [4.69, 9.17) is 0 Å². The van der Waals surface area contributed by atoms with Gasteiger partial charge in [-0.3, -0.25) is 0 Å². The second-order valence-corrected chi connectivity index (χ2v) is 9.64. The molecule has 30 heavy (non-hydrogen) atoms. The minimum atomic E-state index is 0. The average Bonchev–Trinajstić information content (AvgIpc) is 3.33. The highest BCUT2D eigenvalue weighted by atomic mass is 32.2. The number of nitrogens with zero attached hydrogens (tertiary/aromatic N) is 3. The molecule has 0 radical (unpaired) electrons. The van der Waals surface area contributed by atoms with Gasteiger partial charge in [-0.25, -0.2) is 9.97 Å². The third-order valence-electron chi connectivity index (χ3n) is 5.72. The minimum Gasteiger partial charge on any atom is -0.352 e. The van der Waals surface area contributed by atoms with Crippen LogP contribution in [0.2, 0.25) is 0 Å². The summed E-state index contributed by atoms with van der Waals surface area (Å²) in [5, 5.41) is 19.7. The maximum Gasteiger partial charge on any atom is 0.223 e. The molecule has 5 nitrogen and oxygen atoms in total. The number of allylic oxidation sites excluding steroid dienone is 5. The van der Waals surface area contributed by atoms with Gasteiger partial charge in [-0.1, -0.05) is 43.8 Å². The first-order chi connectivity index (χ1) is 14.5. The Morgan fingerprint density at radius 1 is 1.37 bits per heavy atom. The Balaban J connectivity index is 0.00000181. The van der Waals surface area contributed by atoms with Crippen molar-refractivity contribution in [2.24, 2.45) is 17.8 Å². The molecule has 1 aromatic rings. The number of fused-ring (bicyclic) bond motifs is 1. The Morgan fingerprint density at radius 2 is 2.23 bits per heavy atom. The van der Waals surface area contributed by atoms with Crippen molar-refractivity contribution in [2.45, 2.75) is 52.5 Å². The molecule has 2 N–H and O–H groups in total. The van der Waals surface area contributed by atoms with Gasteiger partial charge in [0.1, 0.15) is 11.6 Å². The van der Waals surface area contributed by atoms with E-state index in [0.29, 0.717) is 29.1 Å². The predicted molar refractivity (Wildman–Crippen MR) is 128 cm³/mol. The molecule has 0 saturated heterocycles. The minimum absolute atomic E-state index is 0. The van der Waals surface area contributed by atoms with Crippen LogP contribution < -0.4 is 10.6 Å². The molecule has 4 rings (SSSR count). The molecule has 0 spiro atoms. The molecule has 1 aromatic heterocycles. The summed E-state index contributed by atoms with van der Waals surface area (Å²) < 4.78 is 0. The summed E-state index contributed by atoms with van der Waals surface area (Å²) in [6.07, 6.45) is 13.1. The summed E-state index contributed by atoms with van der Waals surface area (Å²) in [4.78, 5) is 8.97. The van der Waals surface area contributed by atoms with Gasteiger partial charge in [-0.15, -0.1) is 0 Å². The first-order valence-corrected chi connectivity index (χ1v) is 11.7. The molecule has 1 fully saturated rings. The molecule has 3 unspecified atom stereocenters. The summed E-state index contributed by atoms with van der Waals surface area (Å²) in [5.74, 6) is 2.66. The normalized spacial score (nSPS) is 24.8. The lowest BCUT2D eigenvalue weighted by Gasteiger charge is -2.15. The first kappa shape index (κ1) is 20.7. The van der Waals surface area contributed by atoms with Crippen molar-refractivity contribution in [2.75, 3.05) is 5.32 Å². The number of anilines is 1. The first-order valence-electron chi connectivity index (χ1n) is 10.8. The lowest BCUT2D eigenvalue weighted by molar-refractivity contribution is 0.526. The molecule has 1 aliphatic heterocycles. The zero-order chi connectivity index (χ0) is 21.1. The Kier molecular flexibility index (Phi) is 6.29. The lowest BCUT2D eigenvalue weighted by atomic mass is 10.0. The number of nitriles is 1. The number of aromatic nitrogens is 2. The number of thioether (sulfide) groups is 1. The fourth-order valence-electron chi connectivity index (χ4n) is 3.79. The summed E-state index contributed by atoms with van der Waals surface area (Å²) in [7, 11) is 0. The van der Waals surface area contributed by atoms with Crippen LogP contribution in [0.15, 0.2) is 52.2 Å². The SMILES string of the molecule is CC(C)CCC(C)Nc1nccc(/C(C#N)=C2/NC(C3=CC4CC4C=CC3)=CS2)n1.[HH].[HH]. The zero-order valence-corrected chi connectivity index (χ0v) is 18.7. The van der Waals surface area contributed by atoms with Crippen LogP contribution in [0.5, 0.6) is 0 Å². The van der Waals surface area contributed by atoms with Gasteiger partial charge < -0.3 is 10.6 Å². The van der Waals surface area contributed by atoms with Crippen molar-refractivity contribution >= 4 is 23.3 Å². The lowest BCUT2D eigenvalue weighted by Crippen LogP contribution is -2.18. The van der Waals surface area contributed by atoms with Gasteiger partial charge in [-0.05, 0) is 62.0 Å². The monoisotopic (exact) mass is 423 g/mol. The quantitative estimate of drug-likeness (QED) is 0.408. The third-order valence-corrected chi connectivity index (χ3v) is 6.61. The Labute approximate surface area is 186 Å². The fourth-order valence-corrected chi connectivity index (χ4v) is 4.67. The van der Waals surface area contributed by atoms with Crippen molar-refractivity contribution in [3.8, 4) is 6.07 Å². The molecule has 2 heterocycles. The summed E-state index contributed by atoms with van der Waals surface area (Å²) in [6.45, 7) is 6.61. The van der Waals surface area contributed by atoms with Crippen LogP contribution in [-0.2, 0) is 0 Å². The predicted octanol–water partition coefficient (Wildman–Crippen LogP) is 6.10. The average molecular weight is 424 g/mol. The van der Waals surface area contributed by atoms with Crippen molar-refractivity contribution in [3.05, 3.63) is 57.9 Å². The maximum atomic E-state index is 9.86. The Morgan fingerprint density at radius 3 is 3.03 bits per heavy atom. The summed E-state index contributed by atoms with van der Waals surface area (Å²) in [5.41, 5.74) is 3.63. The van der Waals surface area contributed by atoms with Crippen LogP contribution in [0.25, 0.3) is 5.57 Å². The van der Waals surface area contributed by atoms with Crippen LogP contribution in [-0.4, -0.2) is 16.0 Å². The molecule has 2 aliphatic carbocycles. The smallest absolute Gasteiger partial charge is 0.223 e. The second-order valence-electron chi connectivity index (χ2n) is 8.76. The zero-order valence-electron chi connectivity index (χ0n) is 17.9. The van der Waals surface area contributed by atoms with E-state index in [1.54, 1.807) is 24.0 Å². The topological polar surface area (TPSA) is 73.6 Å².